The predicted molar refractivity (Wildman–Crippen MR) is 229 cm³/mol. The normalized spacial score (nSPS) is 12.0. The van der Waals surface area contributed by atoms with Crippen LogP contribution in [-0.2, 0) is 37.0 Å². The zero-order chi connectivity index (χ0) is 42.5. The lowest BCUT2D eigenvalue weighted by atomic mass is 9.84. The van der Waals surface area contributed by atoms with E-state index in [9.17, 15) is 24.3 Å². The van der Waals surface area contributed by atoms with Crippen LogP contribution in [0.3, 0.4) is 0 Å². The molecule has 15 heteroatoms. The monoisotopic (exact) mass is 829 g/mol. The van der Waals surface area contributed by atoms with Crippen molar-refractivity contribution in [1.29, 1.82) is 0 Å². The van der Waals surface area contributed by atoms with E-state index in [0.29, 0.717) is 0 Å². The van der Waals surface area contributed by atoms with Gasteiger partial charge in [-0.15, -0.1) is 11.8 Å². The van der Waals surface area contributed by atoms with Crippen molar-refractivity contribution in [3.63, 3.8) is 0 Å². The summed E-state index contributed by atoms with van der Waals surface area (Å²) in [5.74, 6) is -1.17. The molecule has 4 aromatic carbocycles. The van der Waals surface area contributed by atoms with Crippen LogP contribution in [0.1, 0.15) is 49.4 Å². The van der Waals surface area contributed by atoms with Gasteiger partial charge in [0.2, 0.25) is 5.91 Å². The van der Waals surface area contributed by atoms with E-state index in [1.807, 2.05) is 84.9 Å². The van der Waals surface area contributed by atoms with Gasteiger partial charge < -0.3 is 29.4 Å². The number of aromatic nitrogens is 4. The van der Waals surface area contributed by atoms with Crippen LogP contribution in [0.4, 0.5) is 15.4 Å². The maximum Gasteiger partial charge on any atom is 0.413 e. The Hall–Kier alpha value is -6.74. The highest BCUT2D eigenvalue weighted by Crippen LogP contribution is 2.48. The van der Waals surface area contributed by atoms with E-state index in [0.717, 1.165) is 22.3 Å². The standard InChI is InChI=1S/C45H47N7O7S/c1-44(2,3)59-43(57)49-36(29-60-45(33-18-10-5-11-19-33,34-20-12-6-13-21-34)35-22-14-7-15-23-35)26-51(25-24-38(54)55)37(53)27-52-31-48-39-40(46-30-47-41(39)52)50-42(56)58-28-32-16-8-4-9-17-32/h4-23,30-31,36H,24-29H2,1-3H3,(H,49,57)(H,54,55)(H,46,47,50,56)/t36-/m1/s1. The number of hydrogen-bond donors (Lipinski definition) is 3. The molecular weight excluding hydrogens is 783 g/mol. The summed E-state index contributed by atoms with van der Waals surface area (Å²) >= 11 is 1.59. The minimum absolute atomic E-state index is 0.0457. The summed E-state index contributed by atoms with van der Waals surface area (Å²) in [6.45, 7) is 4.86. The van der Waals surface area contributed by atoms with Gasteiger partial charge in [0.05, 0.1) is 23.5 Å². The Morgan fingerprint density at radius 2 is 1.35 bits per heavy atom. The molecule has 310 valence electrons. The van der Waals surface area contributed by atoms with Crippen LogP contribution in [0, 0.1) is 0 Å². The number of ether oxygens (including phenoxy) is 2. The van der Waals surface area contributed by atoms with E-state index in [-0.39, 0.29) is 55.4 Å². The first-order chi connectivity index (χ1) is 28.9. The molecule has 60 heavy (non-hydrogen) atoms. The second kappa shape index (κ2) is 19.8. The number of carboxylic acids is 1. The highest BCUT2D eigenvalue weighted by Gasteiger charge is 2.38. The number of benzene rings is 4. The van der Waals surface area contributed by atoms with Crippen molar-refractivity contribution in [1.82, 2.24) is 29.7 Å². The van der Waals surface area contributed by atoms with Gasteiger partial charge in [-0.05, 0) is 43.0 Å². The van der Waals surface area contributed by atoms with Crippen molar-refractivity contribution >= 4 is 52.8 Å². The lowest BCUT2D eigenvalue weighted by Crippen LogP contribution is -2.50. The number of fused-ring (bicyclic) bond motifs is 1. The van der Waals surface area contributed by atoms with E-state index in [4.69, 9.17) is 9.47 Å². The number of thioether (sulfide) groups is 1. The molecular formula is C45H47N7O7S. The molecule has 2 aromatic heterocycles. The molecule has 14 nitrogen and oxygen atoms in total. The van der Waals surface area contributed by atoms with Crippen molar-refractivity contribution in [3.8, 4) is 0 Å². The maximum atomic E-state index is 14.3. The number of amides is 3. The lowest BCUT2D eigenvalue weighted by Gasteiger charge is -2.37. The molecule has 6 rings (SSSR count). The van der Waals surface area contributed by atoms with Gasteiger partial charge in [0.25, 0.3) is 0 Å². The summed E-state index contributed by atoms with van der Waals surface area (Å²) in [5.41, 5.74) is 3.50. The van der Waals surface area contributed by atoms with Crippen LogP contribution in [0.15, 0.2) is 134 Å². The van der Waals surface area contributed by atoms with Crippen LogP contribution >= 0.6 is 11.8 Å². The SMILES string of the molecule is CC(C)(C)OC(=O)N[C@@H](CSC(c1ccccc1)(c1ccccc1)c1ccccc1)CN(CCC(=O)O)C(=O)Cn1cnc2c(NC(=O)OCc3ccccc3)ncnc21. The van der Waals surface area contributed by atoms with Gasteiger partial charge in [0.1, 0.15) is 25.1 Å². The number of carbonyl (C=O) groups excluding carboxylic acids is 3. The third-order valence-electron chi connectivity index (χ3n) is 9.29. The molecule has 0 saturated heterocycles. The van der Waals surface area contributed by atoms with Crippen LogP contribution < -0.4 is 10.6 Å². The molecule has 0 spiro atoms. The predicted octanol–water partition coefficient (Wildman–Crippen LogP) is 7.50. The van der Waals surface area contributed by atoms with E-state index >= 15 is 0 Å². The second-order valence-corrected chi connectivity index (χ2v) is 16.1. The van der Waals surface area contributed by atoms with Crippen molar-refractivity contribution in [2.24, 2.45) is 0 Å². The fourth-order valence-electron chi connectivity index (χ4n) is 6.61. The number of carbonyl (C=O) groups is 4. The van der Waals surface area contributed by atoms with Crippen molar-refractivity contribution in [2.75, 3.05) is 24.2 Å². The molecule has 0 aliphatic rings. The number of nitrogens with zero attached hydrogens (tertiary/aromatic N) is 5. The molecule has 0 fully saturated rings. The Bertz CT molecular complexity index is 2260. The maximum absolute atomic E-state index is 14.3. The summed E-state index contributed by atoms with van der Waals surface area (Å²) in [6.07, 6.45) is 0.861. The molecule has 1 atom stereocenters. The van der Waals surface area contributed by atoms with Crippen LogP contribution in [-0.4, -0.2) is 84.1 Å². The van der Waals surface area contributed by atoms with Gasteiger partial charge in [0, 0.05) is 18.8 Å². The Morgan fingerprint density at radius 1 is 0.783 bits per heavy atom. The number of nitrogens with one attached hydrogen (secondary N) is 2. The molecule has 6 aromatic rings. The molecule has 0 bridgehead atoms. The first-order valence-corrected chi connectivity index (χ1v) is 20.3. The Morgan fingerprint density at radius 3 is 1.90 bits per heavy atom. The molecule has 3 amide bonds. The molecule has 2 heterocycles. The second-order valence-electron chi connectivity index (χ2n) is 14.9. The summed E-state index contributed by atoms with van der Waals surface area (Å²) in [5, 5.41) is 15.3. The molecule has 0 radical (unpaired) electrons. The van der Waals surface area contributed by atoms with E-state index < -0.39 is 40.5 Å². The fraction of sp³-hybridized carbons (Fsp3) is 0.267. The number of anilines is 1. The number of carboxylic acid groups (broad SMARTS) is 1. The molecule has 0 aliphatic carbocycles. The zero-order valence-electron chi connectivity index (χ0n) is 33.6. The smallest absolute Gasteiger partial charge is 0.413 e. The average Bonchev–Trinajstić information content (AvgIpc) is 3.65. The van der Waals surface area contributed by atoms with Crippen LogP contribution in [0.2, 0.25) is 0 Å². The summed E-state index contributed by atoms with van der Waals surface area (Å²) in [4.78, 5) is 66.6. The average molecular weight is 830 g/mol. The molecule has 0 unspecified atom stereocenters. The highest BCUT2D eigenvalue weighted by atomic mass is 32.2. The van der Waals surface area contributed by atoms with E-state index in [2.05, 4.69) is 62.0 Å². The van der Waals surface area contributed by atoms with Gasteiger partial charge in [-0.1, -0.05) is 121 Å². The number of hydrogen-bond acceptors (Lipinski definition) is 10. The number of rotatable bonds is 17. The van der Waals surface area contributed by atoms with Crippen molar-refractivity contribution in [3.05, 3.63) is 156 Å². The van der Waals surface area contributed by atoms with Crippen LogP contribution in [0.25, 0.3) is 11.2 Å². The zero-order valence-corrected chi connectivity index (χ0v) is 34.4. The Labute approximate surface area is 352 Å². The minimum atomic E-state index is -1.09. The van der Waals surface area contributed by atoms with Gasteiger partial charge >= 0.3 is 18.2 Å². The van der Waals surface area contributed by atoms with E-state index in [1.165, 1.54) is 22.1 Å². The Kier molecular flexibility index (Phi) is 14.1. The van der Waals surface area contributed by atoms with E-state index in [1.54, 1.807) is 32.5 Å². The Balaban J connectivity index is 1.28. The summed E-state index contributed by atoms with van der Waals surface area (Å²) in [6, 6.07) is 38.7. The largest absolute Gasteiger partial charge is 0.481 e. The van der Waals surface area contributed by atoms with Gasteiger partial charge in [-0.2, -0.15) is 0 Å². The van der Waals surface area contributed by atoms with Gasteiger partial charge in [0.15, 0.2) is 17.0 Å². The van der Waals surface area contributed by atoms with Gasteiger partial charge in [-0.3, -0.25) is 14.9 Å². The molecule has 0 saturated carbocycles. The quantitative estimate of drug-likeness (QED) is 0.0776. The van der Waals surface area contributed by atoms with Crippen molar-refractivity contribution < 1.29 is 33.8 Å². The summed E-state index contributed by atoms with van der Waals surface area (Å²) in [7, 11) is 0. The molecule has 3 N–H and O–H groups in total. The fourth-order valence-corrected chi connectivity index (χ4v) is 8.16. The lowest BCUT2D eigenvalue weighted by molar-refractivity contribution is -0.138. The highest BCUT2D eigenvalue weighted by molar-refractivity contribution is 8.00. The number of imidazole rings is 1. The molecule has 0 aliphatic heterocycles. The number of alkyl carbamates (subject to hydrolysis) is 1. The third kappa shape index (κ3) is 11.3. The van der Waals surface area contributed by atoms with Gasteiger partial charge in [-0.25, -0.2) is 24.5 Å². The first-order valence-electron chi connectivity index (χ1n) is 19.3. The minimum Gasteiger partial charge on any atom is -0.481 e. The van der Waals surface area contributed by atoms with Crippen molar-refractivity contribution in [2.45, 2.75) is 56.7 Å². The first kappa shape index (κ1) is 42.9. The summed E-state index contributed by atoms with van der Waals surface area (Å²) < 4.78 is 11.8. The number of aliphatic carboxylic acids is 1. The van der Waals surface area contributed by atoms with Crippen LogP contribution in [0.5, 0.6) is 0 Å². The third-order valence-corrected chi connectivity index (χ3v) is 11.0. The topological polar surface area (TPSA) is 178 Å².